The Labute approximate surface area is 198 Å². The molecule has 0 fully saturated rings. The lowest BCUT2D eigenvalue weighted by atomic mass is 10.1. The number of rotatable bonds is 8. The minimum absolute atomic E-state index is 0.0313. The molecule has 0 aliphatic carbocycles. The van der Waals surface area contributed by atoms with Crippen LogP contribution in [0.5, 0.6) is 5.75 Å². The van der Waals surface area contributed by atoms with Gasteiger partial charge in [-0.3, -0.25) is 9.10 Å². The Kier molecular flexibility index (Phi) is 7.59. The summed E-state index contributed by atoms with van der Waals surface area (Å²) in [7, 11) is -2.71. The molecule has 0 saturated carbocycles. The number of sulfonamides is 1. The number of aryl methyl sites for hydroxylation is 1. The largest absolute Gasteiger partial charge is 0.495 e. The first-order chi connectivity index (χ1) is 15.7. The van der Waals surface area contributed by atoms with Gasteiger partial charge < -0.3 is 10.1 Å². The summed E-state index contributed by atoms with van der Waals surface area (Å²) in [5.41, 5.74) is 2.33. The van der Waals surface area contributed by atoms with Gasteiger partial charge in [0, 0.05) is 10.7 Å². The second-order valence-electron chi connectivity index (χ2n) is 7.22. The van der Waals surface area contributed by atoms with Crippen LogP contribution < -0.4 is 14.4 Å². The van der Waals surface area contributed by atoms with Crippen LogP contribution in [0.4, 0.5) is 11.4 Å². The zero-order chi connectivity index (χ0) is 24.0. The molecule has 0 radical (unpaired) electrons. The summed E-state index contributed by atoms with van der Waals surface area (Å²) in [6.07, 6.45) is 0.255. The van der Waals surface area contributed by atoms with Crippen molar-refractivity contribution in [1.82, 2.24) is 0 Å². The molecule has 3 rings (SSSR count). The lowest BCUT2D eigenvalue weighted by Crippen LogP contribution is -2.38. The summed E-state index contributed by atoms with van der Waals surface area (Å²) in [4.78, 5) is 12.9. The Morgan fingerprint density at radius 3 is 2.36 bits per heavy atom. The number of carbonyl (C=O) groups is 1. The van der Waals surface area contributed by atoms with E-state index in [-0.39, 0.29) is 22.8 Å². The molecule has 3 aromatic carbocycles. The van der Waals surface area contributed by atoms with Gasteiger partial charge >= 0.3 is 0 Å². The molecule has 0 heterocycles. The minimum atomic E-state index is -4.12. The summed E-state index contributed by atoms with van der Waals surface area (Å²) in [6.45, 7) is 1.34. The van der Waals surface area contributed by atoms with Crippen molar-refractivity contribution >= 4 is 38.9 Å². The second kappa shape index (κ2) is 10.4. The standard InChI is InChI=1S/C24H22ClN3O4S/c1-17-3-10-21(11-4-17)33(30,31)28(22-15-19(25)7-12-23(22)32-2)16-24(29)27-20-8-5-18(6-9-20)13-14-26/h3-12,15H,13,16H2,1-2H3,(H,27,29). The van der Waals surface area contributed by atoms with E-state index in [1.54, 1.807) is 48.5 Å². The van der Waals surface area contributed by atoms with E-state index in [4.69, 9.17) is 21.6 Å². The normalized spacial score (nSPS) is 10.8. The smallest absolute Gasteiger partial charge is 0.264 e. The van der Waals surface area contributed by atoms with E-state index in [1.165, 1.54) is 25.3 Å². The summed E-state index contributed by atoms with van der Waals surface area (Å²) < 4.78 is 33.4. The molecule has 0 aliphatic heterocycles. The van der Waals surface area contributed by atoms with Crippen molar-refractivity contribution in [2.45, 2.75) is 18.2 Å². The van der Waals surface area contributed by atoms with Crippen molar-refractivity contribution in [3.63, 3.8) is 0 Å². The molecule has 0 aliphatic rings. The van der Waals surface area contributed by atoms with Gasteiger partial charge in [0.15, 0.2) is 0 Å². The molecule has 1 amide bonds. The topological polar surface area (TPSA) is 99.5 Å². The van der Waals surface area contributed by atoms with Crippen LogP contribution in [0.3, 0.4) is 0 Å². The first kappa shape index (κ1) is 24.1. The number of benzene rings is 3. The summed E-state index contributed by atoms with van der Waals surface area (Å²) in [5.74, 6) is -0.301. The van der Waals surface area contributed by atoms with Crippen molar-refractivity contribution < 1.29 is 17.9 Å². The fourth-order valence-electron chi connectivity index (χ4n) is 3.12. The van der Waals surface area contributed by atoms with Crippen molar-refractivity contribution in [1.29, 1.82) is 5.26 Å². The number of anilines is 2. The predicted molar refractivity (Wildman–Crippen MR) is 128 cm³/mol. The molecule has 33 heavy (non-hydrogen) atoms. The molecule has 1 N–H and O–H groups in total. The molecule has 0 bridgehead atoms. The van der Waals surface area contributed by atoms with Crippen molar-refractivity contribution in [2.24, 2.45) is 0 Å². The molecule has 170 valence electrons. The molecule has 0 saturated heterocycles. The third kappa shape index (κ3) is 5.83. The third-order valence-electron chi connectivity index (χ3n) is 4.83. The molecule has 0 unspecified atom stereocenters. The number of amides is 1. The van der Waals surface area contributed by atoms with Crippen LogP contribution in [0.2, 0.25) is 5.02 Å². The molecule has 0 aromatic heterocycles. The number of nitriles is 1. The maximum atomic E-state index is 13.5. The van der Waals surface area contributed by atoms with Gasteiger partial charge in [-0.1, -0.05) is 41.4 Å². The second-order valence-corrected chi connectivity index (χ2v) is 9.52. The highest BCUT2D eigenvalue weighted by Gasteiger charge is 2.29. The van der Waals surface area contributed by atoms with Gasteiger partial charge in [-0.05, 0) is 55.0 Å². The Morgan fingerprint density at radius 1 is 1.09 bits per heavy atom. The molecule has 0 atom stereocenters. The predicted octanol–water partition coefficient (Wildman–Crippen LogP) is 4.56. The maximum absolute atomic E-state index is 13.5. The summed E-state index contributed by atoms with van der Waals surface area (Å²) >= 11 is 6.14. The van der Waals surface area contributed by atoms with Gasteiger partial charge in [0.2, 0.25) is 5.91 Å². The van der Waals surface area contributed by atoms with Gasteiger partial charge in [-0.25, -0.2) is 8.42 Å². The Bertz CT molecular complexity index is 1280. The lowest BCUT2D eigenvalue weighted by molar-refractivity contribution is -0.114. The minimum Gasteiger partial charge on any atom is -0.495 e. The number of halogens is 1. The van der Waals surface area contributed by atoms with Crippen molar-refractivity contribution in [3.8, 4) is 11.8 Å². The van der Waals surface area contributed by atoms with Crippen molar-refractivity contribution in [3.05, 3.63) is 82.9 Å². The number of carbonyl (C=O) groups excluding carboxylic acids is 1. The summed E-state index contributed by atoms with van der Waals surface area (Å²) in [5, 5.41) is 11.8. The van der Waals surface area contributed by atoms with E-state index in [2.05, 4.69) is 11.4 Å². The van der Waals surface area contributed by atoms with Crippen LogP contribution in [-0.4, -0.2) is 28.0 Å². The number of hydrogen-bond acceptors (Lipinski definition) is 5. The van der Waals surface area contributed by atoms with E-state index >= 15 is 0 Å². The van der Waals surface area contributed by atoms with E-state index in [0.29, 0.717) is 10.7 Å². The van der Waals surface area contributed by atoms with Gasteiger partial charge in [0.05, 0.1) is 30.2 Å². The zero-order valence-electron chi connectivity index (χ0n) is 18.1. The number of ether oxygens (including phenoxy) is 1. The van der Waals surface area contributed by atoms with E-state index < -0.39 is 22.5 Å². The molecule has 9 heteroatoms. The zero-order valence-corrected chi connectivity index (χ0v) is 19.7. The van der Waals surface area contributed by atoms with Crippen LogP contribution in [0.25, 0.3) is 0 Å². The number of hydrogen-bond donors (Lipinski definition) is 1. The van der Waals surface area contributed by atoms with Gasteiger partial charge in [-0.2, -0.15) is 5.26 Å². The van der Waals surface area contributed by atoms with E-state index in [9.17, 15) is 13.2 Å². The molecule has 7 nitrogen and oxygen atoms in total. The van der Waals surface area contributed by atoms with Crippen LogP contribution >= 0.6 is 11.6 Å². The van der Waals surface area contributed by atoms with Gasteiger partial charge in [0.25, 0.3) is 10.0 Å². The average Bonchev–Trinajstić information content (AvgIpc) is 2.79. The molecular weight excluding hydrogens is 462 g/mol. The van der Waals surface area contributed by atoms with Crippen LogP contribution in [-0.2, 0) is 21.2 Å². The lowest BCUT2D eigenvalue weighted by Gasteiger charge is -2.26. The molecular formula is C24H22ClN3O4S. The van der Waals surface area contributed by atoms with Gasteiger partial charge in [0.1, 0.15) is 12.3 Å². The highest BCUT2D eigenvalue weighted by molar-refractivity contribution is 7.92. The summed E-state index contributed by atoms with van der Waals surface area (Å²) in [6, 6.07) is 19.7. The van der Waals surface area contributed by atoms with Gasteiger partial charge in [-0.15, -0.1) is 0 Å². The Balaban J connectivity index is 1.97. The maximum Gasteiger partial charge on any atom is 0.264 e. The first-order valence-electron chi connectivity index (χ1n) is 9.93. The van der Waals surface area contributed by atoms with Crippen molar-refractivity contribution in [2.75, 3.05) is 23.3 Å². The quantitative estimate of drug-likeness (QED) is 0.506. The monoisotopic (exact) mass is 483 g/mol. The highest BCUT2D eigenvalue weighted by atomic mass is 35.5. The number of methoxy groups -OCH3 is 1. The molecule has 0 spiro atoms. The van der Waals surface area contributed by atoms with Crippen LogP contribution in [0, 0.1) is 18.3 Å². The van der Waals surface area contributed by atoms with Crippen LogP contribution in [0.15, 0.2) is 71.6 Å². The fraction of sp³-hybridized carbons (Fsp3) is 0.167. The number of nitrogens with one attached hydrogen (secondary N) is 1. The van der Waals surface area contributed by atoms with E-state index in [1.807, 2.05) is 6.92 Å². The fourth-order valence-corrected chi connectivity index (χ4v) is 4.71. The first-order valence-corrected chi connectivity index (χ1v) is 11.7. The third-order valence-corrected chi connectivity index (χ3v) is 6.84. The van der Waals surface area contributed by atoms with E-state index in [0.717, 1.165) is 15.4 Å². The molecule has 3 aromatic rings. The Hall–Kier alpha value is -3.54. The Morgan fingerprint density at radius 2 is 1.76 bits per heavy atom. The van der Waals surface area contributed by atoms with Crippen LogP contribution in [0.1, 0.15) is 11.1 Å². The average molecular weight is 484 g/mol. The SMILES string of the molecule is COc1ccc(Cl)cc1N(CC(=O)Nc1ccc(CC#N)cc1)S(=O)(=O)c1ccc(C)cc1. The number of nitrogens with zero attached hydrogens (tertiary/aromatic N) is 2. The highest BCUT2D eigenvalue weighted by Crippen LogP contribution is 2.35.